The molecule has 2 rings (SSSR count). The van der Waals surface area contributed by atoms with Crippen LogP contribution in [0.2, 0.25) is 5.02 Å². The molecule has 0 fully saturated rings. The Kier molecular flexibility index (Phi) is 5.66. The number of aromatic nitrogens is 1. The molecule has 8 nitrogen and oxygen atoms in total. The zero-order chi connectivity index (χ0) is 19.5. The van der Waals surface area contributed by atoms with Crippen molar-refractivity contribution in [1.82, 2.24) is 9.88 Å². The van der Waals surface area contributed by atoms with Gasteiger partial charge in [-0.15, -0.1) is 0 Å². The lowest BCUT2D eigenvalue weighted by atomic mass is 10.1. The van der Waals surface area contributed by atoms with Gasteiger partial charge in [0.05, 0.1) is 11.5 Å². The van der Waals surface area contributed by atoms with E-state index in [-0.39, 0.29) is 12.2 Å². The molecule has 0 atom stereocenters. The van der Waals surface area contributed by atoms with Crippen LogP contribution in [0.1, 0.15) is 26.3 Å². The number of amides is 2. The molecular formula is C17H19ClN4O4. The number of carbonyl (C=O) groups excluding carboxylic acids is 1. The Labute approximate surface area is 154 Å². The zero-order valence-corrected chi connectivity index (χ0v) is 15.3. The number of urea groups is 1. The highest BCUT2D eigenvalue weighted by atomic mass is 35.5. The zero-order valence-electron chi connectivity index (χ0n) is 14.6. The van der Waals surface area contributed by atoms with E-state index in [1.807, 2.05) is 0 Å². The Balaban J connectivity index is 2.37. The van der Waals surface area contributed by atoms with E-state index in [4.69, 9.17) is 11.6 Å². The standard InChI is InChI=1S/C17H19ClN4O4/c1-17(2,3)20-16(24)19-13-8-9-21(15(23)14(13)22(25)26)10-11-6-4-5-7-12(11)18/h4-9H,10H2,1-3H3,(H2,19,20,24). The van der Waals surface area contributed by atoms with E-state index < -0.39 is 27.7 Å². The number of nitrogens with zero attached hydrogens (tertiary/aromatic N) is 2. The number of pyridine rings is 1. The van der Waals surface area contributed by atoms with Gasteiger partial charge in [-0.05, 0) is 38.5 Å². The minimum Gasteiger partial charge on any atom is -0.333 e. The number of rotatable bonds is 4. The number of hydrogen-bond acceptors (Lipinski definition) is 4. The molecule has 0 spiro atoms. The summed E-state index contributed by atoms with van der Waals surface area (Å²) in [6.07, 6.45) is 1.38. The highest BCUT2D eigenvalue weighted by Crippen LogP contribution is 2.21. The predicted molar refractivity (Wildman–Crippen MR) is 99.8 cm³/mol. The van der Waals surface area contributed by atoms with Gasteiger partial charge in [-0.25, -0.2) is 4.79 Å². The monoisotopic (exact) mass is 378 g/mol. The maximum Gasteiger partial charge on any atom is 0.357 e. The first-order valence-corrected chi connectivity index (χ1v) is 8.16. The molecule has 138 valence electrons. The summed E-state index contributed by atoms with van der Waals surface area (Å²) >= 11 is 6.08. The second kappa shape index (κ2) is 7.57. The van der Waals surface area contributed by atoms with Crippen molar-refractivity contribution in [2.75, 3.05) is 5.32 Å². The number of carbonyl (C=O) groups is 1. The van der Waals surface area contributed by atoms with E-state index in [9.17, 15) is 19.7 Å². The Morgan fingerprint density at radius 3 is 2.50 bits per heavy atom. The summed E-state index contributed by atoms with van der Waals surface area (Å²) in [4.78, 5) is 35.1. The van der Waals surface area contributed by atoms with E-state index in [0.29, 0.717) is 10.6 Å². The first-order chi connectivity index (χ1) is 12.1. The van der Waals surface area contributed by atoms with Crippen molar-refractivity contribution >= 4 is 29.0 Å². The number of halogens is 1. The van der Waals surface area contributed by atoms with Crippen LogP contribution in [0.15, 0.2) is 41.3 Å². The Morgan fingerprint density at radius 1 is 1.27 bits per heavy atom. The second-order valence-electron chi connectivity index (χ2n) is 6.69. The van der Waals surface area contributed by atoms with Gasteiger partial charge in [0.1, 0.15) is 5.69 Å². The maximum atomic E-state index is 12.5. The molecule has 1 aromatic heterocycles. The predicted octanol–water partition coefficient (Wildman–Crippen LogP) is 3.38. The van der Waals surface area contributed by atoms with Crippen LogP contribution in [-0.4, -0.2) is 21.1 Å². The SMILES string of the molecule is CC(C)(C)NC(=O)Nc1ccn(Cc2ccccc2Cl)c(=O)c1[N+](=O)[O-]. The van der Waals surface area contributed by atoms with Crippen LogP contribution in [0, 0.1) is 10.1 Å². The molecular weight excluding hydrogens is 360 g/mol. The lowest BCUT2D eigenvalue weighted by Gasteiger charge is -2.20. The lowest BCUT2D eigenvalue weighted by Crippen LogP contribution is -2.43. The van der Waals surface area contributed by atoms with E-state index in [1.165, 1.54) is 16.8 Å². The van der Waals surface area contributed by atoms with Crippen molar-refractivity contribution < 1.29 is 9.72 Å². The summed E-state index contributed by atoms with van der Waals surface area (Å²) in [7, 11) is 0. The smallest absolute Gasteiger partial charge is 0.333 e. The van der Waals surface area contributed by atoms with Crippen LogP contribution in [0.5, 0.6) is 0 Å². The fourth-order valence-corrected chi connectivity index (χ4v) is 2.46. The molecule has 0 bridgehead atoms. The van der Waals surface area contributed by atoms with Crippen LogP contribution in [0.25, 0.3) is 0 Å². The number of nitrogens with one attached hydrogen (secondary N) is 2. The number of nitro groups is 1. The maximum absolute atomic E-state index is 12.5. The number of anilines is 1. The molecule has 9 heteroatoms. The molecule has 1 heterocycles. The van der Waals surface area contributed by atoms with Crippen LogP contribution >= 0.6 is 11.6 Å². The quantitative estimate of drug-likeness (QED) is 0.628. The summed E-state index contributed by atoms with van der Waals surface area (Å²) < 4.78 is 1.17. The summed E-state index contributed by atoms with van der Waals surface area (Å²) in [5.74, 6) is 0. The van der Waals surface area contributed by atoms with Gasteiger partial charge in [-0.1, -0.05) is 29.8 Å². The first kappa shape index (κ1) is 19.5. The van der Waals surface area contributed by atoms with Crippen LogP contribution in [0.4, 0.5) is 16.2 Å². The topological polar surface area (TPSA) is 106 Å². The van der Waals surface area contributed by atoms with Crippen molar-refractivity contribution in [2.45, 2.75) is 32.9 Å². The average Bonchev–Trinajstić information content (AvgIpc) is 2.49. The molecule has 2 aromatic rings. The van der Waals surface area contributed by atoms with Crippen molar-refractivity contribution in [3.05, 3.63) is 67.6 Å². The van der Waals surface area contributed by atoms with Crippen LogP contribution < -0.4 is 16.2 Å². The molecule has 0 aliphatic heterocycles. The van der Waals surface area contributed by atoms with Gasteiger partial charge in [-0.2, -0.15) is 0 Å². The summed E-state index contributed by atoms with van der Waals surface area (Å²) in [6.45, 7) is 5.38. The Bertz CT molecular complexity index is 902. The Morgan fingerprint density at radius 2 is 1.92 bits per heavy atom. The molecule has 2 N–H and O–H groups in total. The van der Waals surface area contributed by atoms with Gasteiger partial charge in [0, 0.05) is 16.8 Å². The molecule has 0 saturated carbocycles. The van der Waals surface area contributed by atoms with Crippen molar-refractivity contribution in [2.24, 2.45) is 0 Å². The summed E-state index contributed by atoms with van der Waals surface area (Å²) in [5, 5.41) is 16.8. The fourth-order valence-electron chi connectivity index (χ4n) is 2.27. The number of benzene rings is 1. The molecule has 0 saturated heterocycles. The highest BCUT2D eigenvalue weighted by Gasteiger charge is 2.24. The average molecular weight is 379 g/mol. The van der Waals surface area contributed by atoms with Gasteiger partial charge in [-0.3, -0.25) is 14.9 Å². The number of hydrogen-bond donors (Lipinski definition) is 2. The molecule has 0 aliphatic carbocycles. The molecule has 2 amide bonds. The molecule has 0 unspecified atom stereocenters. The largest absolute Gasteiger partial charge is 0.357 e. The minimum absolute atomic E-state index is 0.0772. The van der Waals surface area contributed by atoms with Crippen molar-refractivity contribution in [1.29, 1.82) is 0 Å². The molecule has 0 aliphatic rings. The molecule has 26 heavy (non-hydrogen) atoms. The minimum atomic E-state index is -0.830. The van der Waals surface area contributed by atoms with Gasteiger partial charge in [0.15, 0.2) is 0 Å². The van der Waals surface area contributed by atoms with Gasteiger partial charge in [0.25, 0.3) is 0 Å². The summed E-state index contributed by atoms with van der Waals surface area (Å²) in [5.41, 5.74) is -1.58. The molecule has 1 aromatic carbocycles. The third kappa shape index (κ3) is 4.82. The van der Waals surface area contributed by atoms with Crippen LogP contribution in [-0.2, 0) is 6.54 Å². The fraction of sp³-hybridized carbons (Fsp3) is 0.294. The molecule has 0 radical (unpaired) electrons. The Hall–Kier alpha value is -2.87. The van der Waals surface area contributed by atoms with Crippen LogP contribution in [0.3, 0.4) is 0 Å². The normalized spacial score (nSPS) is 11.1. The second-order valence-corrected chi connectivity index (χ2v) is 7.10. The lowest BCUT2D eigenvalue weighted by molar-refractivity contribution is -0.385. The van der Waals surface area contributed by atoms with Gasteiger partial charge >= 0.3 is 17.3 Å². The van der Waals surface area contributed by atoms with E-state index in [0.717, 1.165) is 0 Å². The van der Waals surface area contributed by atoms with Crippen molar-refractivity contribution in [3.63, 3.8) is 0 Å². The third-order valence-electron chi connectivity index (χ3n) is 3.36. The van der Waals surface area contributed by atoms with Gasteiger partial charge in [0.2, 0.25) is 0 Å². The van der Waals surface area contributed by atoms with Crippen molar-refractivity contribution in [3.8, 4) is 0 Å². The van der Waals surface area contributed by atoms with E-state index >= 15 is 0 Å². The van der Waals surface area contributed by atoms with Gasteiger partial charge < -0.3 is 15.2 Å². The van der Waals surface area contributed by atoms with E-state index in [1.54, 1.807) is 45.0 Å². The van der Waals surface area contributed by atoms with E-state index in [2.05, 4.69) is 10.6 Å². The first-order valence-electron chi connectivity index (χ1n) is 7.79. The highest BCUT2D eigenvalue weighted by molar-refractivity contribution is 6.31. The summed E-state index contributed by atoms with van der Waals surface area (Å²) in [6, 6.07) is 7.58. The third-order valence-corrected chi connectivity index (χ3v) is 3.73.